The summed E-state index contributed by atoms with van der Waals surface area (Å²) in [5.41, 5.74) is 1.02. The van der Waals surface area contributed by atoms with Crippen LogP contribution in [0.5, 0.6) is 0 Å². The van der Waals surface area contributed by atoms with Gasteiger partial charge in [0.15, 0.2) is 16.4 Å². The van der Waals surface area contributed by atoms with Crippen LogP contribution in [0.1, 0.15) is 31.7 Å². The number of hydrogen-bond acceptors (Lipinski definition) is 6. The fourth-order valence-electron chi connectivity index (χ4n) is 3.88. The Morgan fingerprint density at radius 3 is 2.62 bits per heavy atom. The molecule has 2 aromatic heterocycles. The minimum absolute atomic E-state index is 0.341. The zero-order valence-electron chi connectivity index (χ0n) is 14.7. The van der Waals surface area contributed by atoms with Crippen LogP contribution in [0.2, 0.25) is 0 Å². The summed E-state index contributed by atoms with van der Waals surface area (Å²) in [4.78, 5) is 6.62. The Morgan fingerprint density at radius 2 is 1.96 bits per heavy atom. The standard InChI is InChI=1S/C18H23N5O2S/c26-17-22(13-21-8-5-18(6-9-21)24-10-11-25-18)20-16(23(17)15-3-4-15)14-2-1-7-19-12-14/h1-2,7,12,15H,3-6,8-11,13H2. The van der Waals surface area contributed by atoms with Crippen molar-refractivity contribution in [3.63, 3.8) is 0 Å². The van der Waals surface area contributed by atoms with Gasteiger partial charge in [0.05, 0.1) is 19.9 Å². The summed E-state index contributed by atoms with van der Waals surface area (Å²) in [7, 11) is 0. The highest BCUT2D eigenvalue weighted by atomic mass is 32.1. The van der Waals surface area contributed by atoms with Gasteiger partial charge in [0.2, 0.25) is 0 Å². The van der Waals surface area contributed by atoms with E-state index in [1.165, 1.54) is 12.8 Å². The van der Waals surface area contributed by atoms with Crippen LogP contribution in [0.15, 0.2) is 24.5 Å². The third-order valence-corrected chi connectivity index (χ3v) is 5.88. The van der Waals surface area contributed by atoms with Gasteiger partial charge < -0.3 is 9.47 Å². The summed E-state index contributed by atoms with van der Waals surface area (Å²) >= 11 is 5.77. The van der Waals surface area contributed by atoms with Gasteiger partial charge in [0, 0.05) is 49.9 Å². The van der Waals surface area contributed by atoms with E-state index in [0.29, 0.717) is 25.9 Å². The minimum Gasteiger partial charge on any atom is -0.347 e. The zero-order valence-corrected chi connectivity index (χ0v) is 15.5. The second-order valence-electron chi connectivity index (χ2n) is 7.32. The fraction of sp³-hybridized carbons (Fsp3) is 0.611. The van der Waals surface area contributed by atoms with Crippen molar-refractivity contribution < 1.29 is 9.47 Å². The minimum atomic E-state index is -0.341. The van der Waals surface area contributed by atoms with Crippen molar-refractivity contribution in [2.24, 2.45) is 0 Å². The lowest BCUT2D eigenvalue weighted by Gasteiger charge is -2.37. The van der Waals surface area contributed by atoms with Crippen molar-refractivity contribution in [2.45, 2.75) is 44.2 Å². The molecule has 0 aromatic carbocycles. The molecular formula is C18H23N5O2S. The number of piperidine rings is 1. The molecule has 1 aliphatic carbocycles. The summed E-state index contributed by atoms with van der Waals surface area (Å²) < 4.78 is 16.6. The maximum atomic E-state index is 5.82. The molecule has 0 N–H and O–H groups in total. The van der Waals surface area contributed by atoms with Gasteiger partial charge in [-0.25, -0.2) is 4.68 Å². The maximum absolute atomic E-state index is 5.82. The molecule has 3 fully saturated rings. The zero-order chi connectivity index (χ0) is 17.6. The second kappa shape index (κ2) is 6.53. The SMILES string of the molecule is S=c1n(CN2CCC3(CC2)OCCO3)nc(-c2cccnc2)n1C1CC1. The third-order valence-electron chi connectivity index (χ3n) is 5.47. The lowest BCUT2D eigenvalue weighted by molar-refractivity contribution is -0.187. The molecule has 0 amide bonds. The summed E-state index contributed by atoms with van der Waals surface area (Å²) in [6.07, 6.45) is 7.80. The van der Waals surface area contributed by atoms with Crippen LogP contribution in [0.4, 0.5) is 0 Å². The molecule has 1 saturated carbocycles. The molecule has 7 nitrogen and oxygen atoms in total. The predicted molar refractivity (Wildman–Crippen MR) is 98.0 cm³/mol. The van der Waals surface area contributed by atoms with Crippen molar-refractivity contribution in [1.29, 1.82) is 0 Å². The van der Waals surface area contributed by atoms with E-state index in [-0.39, 0.29) is 5.79 Å². The van der Waals surface area contributed by atoms with E-state index in [4.69, 9.17) is 26.8 Å². The predicted octanol–water partition coefficient (Wildman–Crippen LogP) is 2.61. The first-order chi connectivity index (χ1) is 12.7. The lowest BCUT2D eigenvalue weighted by atomic mass is 10.0. The van der Waals surface area contributed by atoms with Gasteiger partial charge in [-0.15, -0.1) is 0 Å². The largest absolute Gasteiger partial charge is 0.347 e. The topological polar surface area (TPSA) is 57.3 Å². The Labute approximate surface area is 157 Å². The summed E-state index contributed by atoms with van der Waals surface area (Å²) in [5.74, 6) is 0.591. The molecule has 2 aliphatic heterocycles. The average molecular weight is 373 g/mol. The first kappa shape index (κ1) is 16.6. The molecule has 2 saturated heterocycles. The van der Waals surface area contributed by atoms with E-state index in [1.54, 1.807) is 6.20 Å². The molecule has 0 atom stereocenters. The Hall–Kier alpha value is -1.61. The van der Waals surface area contributed by atoms with Crippen molar-refractivity contribution >= 4 is 12.2 Å². The molecule has 2 aromatic rings. The van der Waals surface area contributed by atoms with Gasteiger partial charge in [-0.05, 0) is 37.2 Å². The van der Waals surface area contributed by atoms with Crippen LogP contribution in [-0.2, 0) is 16.1 Å². The Bertz CT molecular complexity index is 829. The van der Waals surface area contributed by atoms with E-state index < -0.39 is 0 Å². The molecule has 3 aliphatic rings. The van der Waals surface area contributed by atoms with Gasteiger partial charge in [-0.3, -0.25) is 14.5 Å². The monoisotopic (exact) mass is 373 g/mol. The van der Waals surface area contributed by atoms with Crippen molar-refractivity contribution in [3.05, 3.63) is 29.3 Å². The Balaban J connectivity index is 1.37. The highest BCUT2D eigenvalue weighted by Crippen LogP contribution is 2.38. The third kappa shape index (κ3) is 3.00. The lowest BCUT2D eigenvalue weighted by Crippen LogP contribution is -2.45. The fourth-order valence-corrected chi connectivity index (χ4v) is 4.21. The normalized spacial score (nSPS) is 22.9. The Morgan fingerprint density at radius 1 is 1.19 bits per heavy atom. The van der Waals surface area contributed by atoms with Gasteiger partial charge in [-0.2, -0.15) is 5.10 Å². The number of aromatic nitrogens is 4. The molecule has 4 heterocycles. The van der Waals surface area contributed by atoms with E-state index in [2.05, 4.69) is 14.5 Å². The van der Waals surface area contributed by atoms with Crippen LogP contribution < -0.4 is 0 Å². The molecule has 0 radical (unpaired) electrons. The molecule has 138 valence electrons. The van der Waals surface area contributed by atoms with E-state index in [1.807, 2.05) is 23.0 Å². The Kier molecular flexibility index (Phi) is 4.16. The molecule has 0 bridgehead atoms. The van der Waals surface area contributed by atoms with Crippen LogP contribution in [-0.4, -0.2) is 56.3 Å². The van der Waals surface area contributed by atoms with Crippen molar-refractivity contribution in [1.82, 2.24) is 24.2 Å². The number of likely N-dealkylation sites (tertiary alicyclic amines) is 1. The van der Waals surface area contributed by atoms with Crippen molar-refractivity contribution in [3.8, 4) is 11.4 Å². The van der Waals surface area contributed by atoms with Gasteiger partial charge in [0.1, 0.15) is 0 Å². The van der Waals surface area contributed by atoms with Crippen molar-refractivity contribution in [2.75, 3.05) is 26.3 Å². The summed E-state index contributed by atoms with van der Waals surface area (Å²) in [5, 5.41) is 4.86. The van der Waals surface area contributed by atoms with Gasteiger partial charge in [-0.1, -0.05) is 0 Å². The first-order valence-corrected chi connectivity index (χ1v) is 9.75. The molecule has 8 heteroatoms. The molecule has 0 unspecified atom stereocenters. The smallest absolute Gasteiger partial charge is 0.199 e. The van der Waals surface area contributed by atoms with E-state index in [0.717, 1.165) is 42.1 Å². The summed E-state index contributed by atoms with van der Waals surface area (Å²) in [6.45, 7) is 4.00. The number of pyridine rings is 1. The second-order valence-corrected chi connectivity index (χ2v) is 7.68. The van der Waals surface area contributed by atoms with Crippen LogP contribution >= 0.6 is 12.2 Å². The molecule has 1 spiro atoms. The quantitative estimate of drug-likeness (QED) is 0.768. The van der Waals surface area contributed by atoms with E-state index in [9.17, 15) is 0 Å². The van der Waals surface area contributed by atoms with Crippen LogP contribution in [0.25, 0.3) is 11.4 Å². The van der Waals surface area contributed by atoms with Gasteiger partial charge >= 0.3 is 0 Å². The van der Waals surface area contributed by atoms with Crippen LogP contribution in [0, 0.1) is 4.77 Å². The maximum Gasteiger partial charge on any atom is 0.199 e. The van der Waals surface area contributed by atoms with Crippen LogP contribution in [0.3, 0.4) is 0 Å². The van der Waals surface area contributed by atoms with Gasteiger partial charge in [0.25, 0.3) is 0 Å². The molecule has 5 rings (SSSR count). The molecular weight excluding hydrogens is 350 g/mol. The van der Waals surface area contributed by atoms with E-state index >= 15 is 0 Å². The highest BCUT2D eigenvalue weighted by molar-refractivity contribution is 7.71. The molecule has 26 heavy (non-hydrogen) atoms. The average Bonchev–Trinajstić information content (AvgIpc) is 3.33. The number of ether oxygens (including phenoxy) is 2. The number of nitrogens with zero attached hydrogens (tertiary/aromatic N) is 5. The first-order valence-electron chi connectivity index (χ1n) is 9.34. The highest BCUT2D eigenvalue weighted by Gasteiger charge is 2.40. The number of hydrogen-bond donors (Lipinski definition) is 0. The summed E-state index contributed by atoms with van der Waals surface area (Å²) in [6, 6.07) is 4.48. The number of rotatable bonds is 4.